The summed E-state index contributed by atoms with van der Waals surface area (Å²) in [5.41, 5.74) is 0.541. The van der Waals surface area contributed by atoms with Crippen molar-refractivity contribution >= 4 is 5.69 Å². The Balaban J connectivity index is 2.06. The Morgan fingerprint density at radius 1 is 1.06 bits per heavy atom. The van der Waals surface area contributed by atoms with E-state index in [2.05, 4.69) is 10.3 Å². The quantitative estimate of drug-likeness (QED) is 0.900. The predicted molar refractivity (Wildman–Crippen MR) is 63.0 cm³/mol. The van der Waals surface area contributed by atoms with Gasteiger partial charge in [-0.25, -0.2) is 0 Å². The largest absolute Gasteiger partial charge is 0.416 e. The van der Waals surface area contributed by atoms with Crippen molar-refractivity contribution in [3.63, 3.8) is 0 Å². The van der Waals surface area contributed by atoms with Crippen LogP contribution < -0.4 is 5.32 Å². The maximum absolute atomic E-state index is 12.5. The molecule has 1 N–H and O–H groups in total. The van der Waals surface area contributed by atoms with Gasteiger partial charge in [0, 0.05) is 11.9 Å². The number of alkyl halides is 3. The summed E-state index contributed by atoms with van der Waals surface area (Å²) in [6.07, 6.45) is -2.67. The number of nitrogens with one attached hydrogen (secondary N) is 1. The van der Waals surface area contributed by atoms with Crippen LogP contribution in [-0.4, -0.2) is 4.98 Å². The number of halogens is 3. The summed E-state index contributed by atoms with van der Waals surface area (Å²) in [5, 5.41) is 2.91. The second-order valence-corrected chi connectivity index (χ2v) is 3.75. The minimum atomic E-state index is -4.32. The van der Waals surface area contributed by atoms with Crippen LogP contribution in [0.25, 0.3) is 0 Å². The van der Waals surface area contributed by atoms with Crippen molar-refractivity contribution in [3.05, 3.63) is 59.9 Å². The lowest BCUT2D eigenvalue weighted by molar-refractivity contribution is -0.137. The molecule has 0 spiro atoms. The van der Waals surface area contributed by atoms with Crippen molar-refractivity contribution in [2.24, 2.45) is 0 Å². The molecule has 0 fully saturated rings. The van der Waals surface area contributed by atoms with Crippen LogP contribution in [0, 0.1) is 0 Å². The first kappa shape index (κ1) is 12.4. The summed E-state index contributed by atoms with van der Waals surface area (Å²) < 4.78 is 37.5. The zero-order valence-electron chi connectivity index (χ0n) is 9.41. The third kappa shape index (κ3) is 3.23. The maximum Gasteiger partial charge on any atom is 0.416 e. The minimum absolute atomic E-state index is 0.391. The lowest BCUT2D eigenvalue weighted by atomic mass is 10.2. The SMILES string of the molecule is FC(F)(F)c1cccc(NCc2ccccn2)c1. The number of anilines is 1. The third-order valence-corrected chi connectivity index (χ3v) is 2.39. The first-order chi connectivity index (χ1) is 8.55. The smallest absolute Gasteiger partial charge is 0.379 e. The van der Waals surface area contributed by atoms with Gasteiger partial charge in [0.25, 0.3) is 0 Å². The number of hydrogen-bond acceptors (Lipinski definition) is 2. The van der Waals surface area contributed by atoms with Gasteiger partial charge >= 0.3 is 6.18 Å². The molecule has 1 heterocycles. The molecular formula is C13H11F3N2. The highest BCUT2D eigenvalue weighted by molar-refractivity contribution is 5.46. The zero-order valence-corrected chi connectivity index (χ0v) is 9.41. The maximum atomic E-state index is 12.5. The van der Waals surface area contributed by atoms with Crippen LogP contribution in [0.2, 0.25) is 0 Å². The van der Waals surface area contributed by atoms with E-state index in [-0.39, 0.29) is 0 Å². The number of hydrogen-bond donors (Lipinski definition) is 1. The van der Waals surface area contributed by atoms with Crippen LogP contribution in [0.1, 0.15) is 11.3 Å². The van der Waals surface area contributed by atoms with Gasteiger partial charge in [-0.3, -0.25) is 4.98 Å². The fourth-order valence-corrected chi connectivity index (χ4v) is 1.50. The fourth-order valence-electron chi connectivity index (χ4n) is 1.50. The van der Waals surface area contributed by atoms with Gasteiger partial charge in [0.05, 0.1) is 17.8 Å². The first-order valence-electron chi connectivity index (χ1n) is 5.37. The number of nitrogens with zero attached hydrogens (tertiary/aromatic N) is 1. The van der Waals surface area contributed by atoms with Gasteiger partial charge in [-0.2, -0.15) is 13.2 Å². The molecule has 1 aromatic heterocycles. The second-order valence-electron chi connectivity index (χ2n) is 3.75. The molecule has 0 aliphatic carbocycles. The summed E-state index contributed by atoms with van der Waals surface area (Å²) >= 11 is 0. The molecule has 0 atom stereocenters. The molecule has 0 saturated carbocycles. The molecule has 18 heavy (non-hydrogen) atoms. The Hall–Kier alpha value is -2.04. The summed E-state index contributed by atoms with van der Waals surface area (Å²) in [5.74, 6) is 0. The van der Waals surface area contributed by atoms with E-state index in [1.54, 1.807) is 24.4 Å². The molecule has 1 aromatic carbocycles. The van der Waals surface area contributed by atoms with Gasteiger partial charge in [0.15, 0.2) is 0 Å². The van der Waals surface area contributed by atoms with Gasteiger partial charge in [-0.1, -0.05) is 12.1 Å². The van der Waals surface area contributed by atoms with Crippen molar-refractivity contribution in [2.45, 2.75) is 12.7 Å². The van der Waals surface area contributed by atoms with Crippen LogP contribution in [-0.2, 0) is 12.7 Å². The van der Waals surface area contributed by atoms with E-state index in [9.17, 15) is 13.2 Å². The molecule has 0 aliphatic rings. The van der Waals surface area contributed by atoms with Crippen LogP contribution in [0.3, 0.4) is 0 Å². The van der Waals surface area contributed by atoms with Gasteiger partial charge in [0.1, 0.15) is 0 Å². The summed E-state index contributed by atoms with van der Waals surface area (Å²) in [6.45, 7) is 0.391. The first-order valence-corrected chi connectivity index (χ1v) is 5.37. The molecule has 2 aromatic rings. The lowest BCUT2D eigenvalue weighted by Crippen LogP contribution is -2.06. The molecule has 2 nitrogen and oxygen atoms in total. The van der Waals surface area contributed by atoms with Crippen LogP contribution >= 0.6 is 0 Å². The van der Waals surface area contributed by atoms with Crippen LogP contribution in [0.15, 0.2) is 48.7 Å². The average Bonchev–Trinajstić information content (AvgIpc) is 2.37. The Morgan fingerprint density at radius 3 is 2.56 bits per heavy atom. The van der Waals surface area contributed by atoms with Crippen LogP contribution in [0.4, 0.5) is 18.9 Å². The van der Waals surface area contributed by atoms with Gasteiger partial charge < -0.3 is 5.32 Å². The minimum Gasteiger partial charge on any atom is -0.379 e. The van der Waals surface area contributed by atoms with E-state index in [1.807, 2.05) is 6.07 Å². The Morgan fingerprint density at radius 2 is 1.89 bits per heavy atom. The Kier molecular flexibility index (Phi) is 3.50. The summed E-state index contributed by atoms with van der Waals surface area (Å²) in [4.78, 5) is 4.08. The Bertz CT molecular complexity index is 509. The second kappa shape index (κ2) is 5.08. The summed E-state index contributed by atoms with van der Waals surface area (Å²) in [7, 11) is 0. The molecule has 0 unspecified atom stereocenters. The van der Waals surface area contributed by atoms with Crippen molar-refractivity contribution in [2.75, 3.05) is 5.32 Å². The molecule has 2 rings (SSSR count). The average molecular weight is 252 g/mol. The van der Waals surface area contributed by atoms with E-state index >= 15 is 0 Å². The monoisotopic (exact) mass is 252 g/mol. The van der Waals surface area contributed by atoms with Crippen molar-refractivity contribution in [3.8, 4) is 0 Å². The van der Waals surface area contributed by atoms with E-state index in [0.29, 0.717) is 12.2 Å². The van der Waals surface area contributed by atoms with E-state index in [0.717, 1.165) is 17.8 Å². The van der Waals surface area contributed by atoms with Crippen LogP contribution in [0.5, 0.6) is 0 Å². The van der Waals surface area contributed by atoms with Gasteiger partial charge in [-0.15, -0.1) is 0 Å². The Labute approximate surface area is 102 Å². The standard InChI is InChI=1S/C13H11F3N2/c14-13(15,16)10-4-3-6-11(8-10)18-9-12-5-1-2-7-17-12/h1-8,18H,9H2. The number of pyridine rings is 1. The number of rotatable bonds is 3. The van der Waals surface area contributed by atoms with E-state index in [4.69, 9.17) is 0 Å². The van der Waals surface area contributed by atoms with Crippen molar-refractivity contribution in [1.29, 1.82) is 0 Å². The fraction of sp³-hybridized carbons (Fsp3) is 0.154. The molecule has 0 amide bonds. The third-order valence-electron chi connectivity index (χ3n) is 2.39. The number of aromatic nitrogens is 1. The van der Waals surface area contributed by atoms with Gasteiger partial charge in [0.2, 0.25) is 0 Å². The van der Waals surface area contributed by atoms with E-state index < -0.39 is 11.7 Å². The number of benzene rings is 1. The summed E-state index contributed by atoms with van der Waals surface area (Å²) in [6, 6.07) is 10.5. The molecule has 94 valence electrons. The molecule has 0 radical (unpaired) electrons. The van der Waals surface area contributed by atoms with E-state index in [1.165, 1.54) is 6.07 Å². The molecule has 0 saturated heterocycles. The van der Waals surface area contributed by atoms with Crippen molar-refractivity contribution in [1.82, 2.24) is 4.98 Å². The molecule has 5 heteroatoms. The molecular weight excluding hydrogens is 241 g/mol. The highest BCUT2D eigenvalue weighted by atomic mass is 19.4. The lowest BCUT2D eigenvalue weighted by Gasteiger charge is -2.10. The van der Waals surface area contributed by atoms with Gasteiger partial charge in [-0.05, 0) is 30.3 Å². The molecule has 0 bridgehead atoms. The topological polar surface area (TPSA) is 24.9 Å². The highest BCUT2D eigenvalue weighted by Crippen LogP contribution is 2.30. The normalized spacial score (nSPS) is 11.3. The van der Waals surface area contributed by atoms with Crippen molar-refractivity contribution < 1.29 is 13.2 Å². The highest BCUT2D eigenvalue weighted by Gasteiger charge is 2.30. The predicted octanol–water partition coefficient (Wildman–Crippen LogP) is 3.71. The zero-order chi connectivity index (χ0) is 13.0. The molecule has 0 aliphatic heterocycles.